The highest BCUT2D eigenvalue weighted by Crippen LogP contribution is 2.47. The van der Waals surface area contributed by atoms with Crippen molar-refractivity contribution in [1.82, 2.24) is 20.3 Å². The van der Waals surface area contributed by atoms with E-state index >= 15 is 0 Å². The second-order valence-corrected chi connectivity index (χ2v) is 14.2. The van der Waals surface area contributed by atoms with Crippen molar-refractivity contribution < 1.29 is 42.5 Å². The first kappa shape index (κ1) is 30.3. The van der Waals surface area contributed by atoms with Crippen LogP contribution in [-0.4, -0.2) is 96.1 Å². The van der Waals surface area contributed by atoms with E-state index in [9.17, 15) is 37.8 Å². The summed E-state index contributed by atoms with van der Waals surface area (Å²) in [6.07, 6.45) is 4.01. The lowest BCUT2D eigenvalue weighted by molar-refractivity contribution is -0.142. The van der Waals surface area contributed by atoms with Crippen molar-refractivity contribution >= 4 is 33.8 Å². The van der Waals surface area contributed by atoms with Gasteiger partial charge >= 0.3 is 6.09 Å². The molecule has 0 bridgehead atoms. The molecule has 224 valence electrons. The molecule has 0 spiro atoms. The van der Waals surface area contributed by atoms with Gasteiger partial charge in [0.15, 0.2) is 0 Å². The van der Waals surface area contributed by atoms with Crippen LogP contribution in [0.4, 0.5) is 4.79 Å². The molecule has 1 unspecified atom stereocenters. The third kappa shape index (κ3) is 6.13. The normalized spacial score (nSPS) is 35.9. The Kier molecular flexibility index (Phi) is 8.53. The molecule has 0 radical (unpaired) electrons. The molecule has 4 amide bonds. The lowest BCUT2D eigenvalue weighted by Crippen LogP contribution is -2.59. The first-order valence-electron chi connectivity index (χ1n) is 13.8. The Hall–Kier alpha value is -2.71. The van der Waals surface area contributed by atoms with Crippen molar-refractivity contribution in [2.24, 2.45) is 17.8 Å². The maximum Gasteiger partial charge on any atom is 0.405 e. The third-order valence-corrected chi connectivity index (χ3v) is 10.9. The highest BCUT2D eigenvalue weighted by molar-refractivity contribution is 7.91. The minimum absolute atomic E-state index is 0.0808. The van der Waals surface area contributed by atoms with E-state index in [-0.39, 0.29) is 31.9 Å². The fraction of sp³-hybridized carbons (Fsp3) is 0.769. The number of nitrogens with zero attached hydrogens (tertiary/aromatic N) is 1. The van der Waals surface area contributed by atoms with Gasteiger partial charge in [-0.15, -0.1) is 0 Å². The van der Waals surface area contributed by atoms with Gasteiger partial charge in [-0.1, -0.05) is 19.1 Å². The van der Waals surface area contributed by atoms with E-state index in [1.54, 1.807) is 6.92 Å². The van der Waals surface area contributed by atoms with Gasteiger partial charge in [-0.05, 0) is 51.4 Å². The number of methoxy groups -OCH3 is 1. The predicted octanol–water partition coefficient (Wildman–Crippen LogP) is 0.0966. The maximum absolute atomic E-state index is 13.8. The third-order valence-electron chi connectivity index (χ3n) is 8.76. The van der Waals surface area contributed by atoms with E-state index in [1.165, 1.54) is 7.11 Å². The molecule has 2 saturated carbocycles. The number of ether oxygens (including phenoxy) is 1. The zero-order valence-electron chi connectivity index (χ0n) is 23.1. The Bertz CT molecular complexity index is 1170. The smallest absolute Gasteiger partial charge is 0.405 e. The minimum atomic E-state index is -3.96. The molecule has 0 aromatic heterocycles. The molecule has 7 atom stereocenters. The van der Waals surface area contributed by atoms with Crippen molar-refractivity contribution in [2.75, 3.05) is 20.3 Å². The Labute approximate surface area is 234 Å². The Balaban J connectivity index is 1.66. The summed E-state index contributed by atoms with van der Waals surface area (Å²) in [5.74, 6) is -3.11. The lowest BCUT2D eigenvalue weighted by Gasteiger charge is -2.33. The number of fused-ring (bicyclic) bond motifs is 2. The first-order valence-corrected chi connectivity index (χ1v) is 15.2. The fourth-order valence-corrected chi connectivity index (χ4v) is 7.17. The number of allylic oxidation sites excluding steroid dienone is 1. The zero-order valence-corrected chi connectivity index (χ0v) is 23.9. The van der Waals surface area contributed by atoms with Crippen LogP contribution in [0.3, 0.4) is 0 Å². The molecule has 5 N–H and O–H groups in total. The van der Waals surface area contributed by atoms with Gasteiger partial charge in [-0.25, -0.2) is 13.2 Å². The minimum Gasteiger partial charge on any atom is -0.465 e. The molecule has 2 aliphatic carbocycles. The number of amides is 4. The van der Waals surface area contributed by atoms with E-state index in [1.807, 2.05) is 19.1 Å². The number of hydrogen-bond acceptors (Lipinski definition) is 8. The van der Waals surface area contributed by atoms with Gasteiger partial charge in [-0.2, -0.15) is 0 Å². The van der Waals surface area contributed by atoms with Gasteiger partial charge in [0.25, 0.3) is 5.91 Å². The van der Waals surface area contributed by atoms with Gasteiger partial charge < -0.3 is 30.5 Å². The van der Waals surface area contributed by atoms with Crippen LogP contribution in [0.25, 0.3) is 0 Å². The fourth-order valence-electron chi connectivity index (χ4n) is 5.86. The van der Waals surface area contributed by atoms with Gasteiger partial charge in [0.2, 0.25) is 21.8 Å². The number of rotatable bonds is 6. The summed E-state index contributed by atoms with van der Waals surface area (Å²) in [6, 6.07) is -2.41. The maximum atomic E-state index is 13.8. The average molecular weight is 585 g/mol. The van der Waals surface area contributed by atoms with Crippen LogP contribution in [0.1, 0.15) is 58.8 Å². The molecule has 4 aliphatic rings. The van der Waals surface area contributed by atoms with Gasteiger partial charge in [0.1, 0.15) is 17.6 Å². The topological polar surface area (TPSA) is 191 Å². The van der Waals surface area contributed by atoms with Crippen LogP contribution >= 0.6 is 0 Å². The average Bonchev–Trinajstić information content (AvgIpc) is 3.75. The molecular weight excluding hydrogens is 544 g/mol. The van der Waals surface area contributed by atoms with Crippen LogP contribution in [0.5, 0.6) is 0 Å². The number of carboxylic acid groups (broad SMARTS) is 1. The second-order valence-electron chi connectivity index (χ2n) is 12.0. The number of aliphatic hydroxyl groups excluding tert-OH is 1. The SMILES string of the molecule is COC[C@@H]1CC(C)CCC=C[C@@H]2C[C@@]2(C(=O)NS(=O)(=O)C2(C)CC2)NC(=O)[C@@H]2C[C@@H](O)CN2C(=O)[C@H]1NC(=O)O. The monoisotopic (exact) mass is 584 g/mol. The Morgan fingerprint density at radius 3 is 2.58 bits per heavy atom. The highest BCUT2D eigenvalue weighted by atomic mass is 32.2. The number of sulfonamides is 1. The van der Waals surface area contributed by atoms with Crippen molar-refractivity contribution in [3.05, 3.63) is 12.2 Å². The molecule has 3 fully saturated rings. The van der Waals surface area contributed by atoms with E-state index in [2.05, 4.69) is 15.4 Å². The van der Waals surface area contributed by atoms with Crippen LogP contribution in [0.2, 0.25) is 0 Å². The number of carbonyl (C=O) groups excluding carboxylic acids is 3. The summed E-state index contributed by atoms with van der Waals surface area (Å²) in [4.78, 5) is 53.6. The van der Waals surface area contributed by atoms with Crippen LogP contribution < -0.4 is 15.4 Å². The number of nitrogens with one attached hydrogen (secondary N) is 3. The van der Waals surface area contributed by atoms with E-state index in [4.69, 9.17) is 4.74 Å². The van der Waals surface area contributed by atoms with E-state index in [0.29, 0.717) is 32.1 Å². The quantitative estimate of drug-likeness (QED) is 0.269. The van der Waals surface area contributed by atoms with Crippen molar-refractivity contribution in [2.45, 2.75) is 87.3 Å². The number of hydrogen-bond donors (Lipinski definition) is 5. The molecule has 4 rings (SSSR count). The van der Waals surface area contributed by atoms with Gasteiger partial charge in [-0.3, -0.25) is 19.1 Å². The summed E-state index contributed by atoms with van der Waals surface area (Å²) in [5, 5.41) is 25.0. The number of carbonyl (C=O) groups is 4. The van der Waals surface area contributed by atoms with Crippen molar-refractivity contribution in [3.63, 3.8) is 0 Å². The largest absolute Gasteiger partial charge is 0.465 e. The zero-order chi connectivity index (χ0) is 29.5. The summed E-state index contributed by atoms with van der Waals surface area (Å²) in [7, 11) is -2.50. The molecule has 0 aromatic rings. The molecule has 13 nitrogen and oxygen atoms in total. The van der Waals surface area contributed by atoms with Crippen LogP contribution in [-0.2, 0) is 29.1 Å². The molecule has 40 heavy (non-hydrogen) atoms. The molecular formula is C26H40N4O9S. The van der Waals surface area contributed by atoms with Crippen molar-refractivity contribution in [1.29, 1.82) is 0 Å². The summed E-state index contributed by atoms with van der Waals surface area (Å²) in [5.41, 5.74) is -1.52. The Morgan fingerprint density at radius 1 is 1.25 bits per heavy atom. The molecule has 1 saturated heterocycles. The molecule has 14 heteroatoms. The summed E-state index contributed by atoms with van der Waals surface area (Å²) < 4.78 is 32.1. The number of aliphatic hydroxyl groups is 1. The molecule has 0 aromatic carbocycles. The lowest BCUT2D eigenvalue weighted by atomic mass is 9.87. The molecule has 2 aliphatic heterocycles. The molecule has 2 heterocycles. The van der Waals surface area contributed by atoms with Gasteiger partial charge in [0.05, 0.1) is 17.5 Å². The highest BCUT2D eigenvalue weighted by Gasteiger charge is 2.63. The van der Waals surface area contributed by atoms with Crippen LogP contribution in [0.15, 0.2) is 12.2 Å². The summed E-state index contributed by atoms with van der Waals surface area (Å²) >= 11 is 0. The van der Waals surface area contributed by atoms with Crippen molar-refractivity contribution in [3.8, 4) is 0 Å². The predicted molar refractivity (Wildman–Crippen MR) is 142 cm³/mol. The standard InChI is InChI=1S/C26H40N4O9S/c1-15-6-4-5-7-17-12-26(17,23(34)29-40(37,38)25(2)8-9-25)28-21(32)19-11-18(31)13-30(19)22(33)20(27-24(35)36)16(10-15)14-39-3/h5,7,15-20,27,31H,4,6,8-14H2,1-3H3,(H,28,32)(H,29,34)(H,35,36)/t15?,16-,17+,18+,19-,20-,26+/m0/s1. The Morgan fingerprint density at radius 2 is 1.95 bits per heavy atom. The van der Waals surface area contributed by atoms with E-state index in [0.717, 1.165) is 4.90 Å². The second kappa shape index (κ2) is 11.3. The van der Waals surface area contributed by atoms with Crippen LogP contribution in [0, 0.1) is 17.8 Å². The van der Waals surface area contributed by atoms with E-state index < -0.39 is 74.1 Å². The van der Waals surface area contributed by atoms with Gasteiger partial charge in [0, 0.05) is 31.9 Å². The first-order chi connectivity index (χ1) is 18.7. The summed E-state index contributed by atoms with van der Waals surface area (Å²) in [6.45, 7) is 3.45.